The molecule has 7 nitrogen and oxygen atoms in total. The number of thioether (sulfide) groups is 1. The van der Waals surface area contributed by atoms with E-state index in [0.29, 0.717) is 17.5 Å². The van der Waals surface area contributed by atoms with Crippen molar-refractivity contribution in [3.05, 3.63) is 71.2 Å². The third kappa shape index (κ3) is 10.4. The van der Waals surface area contributed by atoms with E-state index in [1.807, 2.05) is 39.5 Å². The van der Waals surface area contributed by atoms with Gasteiger partial charge in [0.15, 0.2) is 5.76 Å². The molecular formula is C29H46N4O3S. The number of aryl methyl sites for hydroxylation is 1. The summed E-state index contributed by atoms with van der Waals surface area (Å²) in [4.78, 5) is 15.8. The van der Waals surface area contributed by atoms with Crippen LogP contribution in [-0.2, 0) is 4.79 Å². The number of rotatable bonds is 9. The predicted octanol–water partition coefficient (Wildman–Crippen LogP) is 5.41. The Morgan fingerprint density at radius 1 is 1.27 bits per heavy atom. The lowest BCUT2D eigenvalue weighted by Crippen LogP contribution is -2.41. The molecule has 0 saturated carbocycles. The van der Waals surface area contributed by atoms with Crippen molar-refractivity contribution in [2.45, 2.75) is 77.5 Å². The van der Waals surface area contributed by atoms with Crippen LogP contribution in [0.1, 0.15) is 58.8 Å². The predicted molar refractivity (Wildman–Crippen MR) is 155 cm³/mol. The molecule has 8 heteroatoms. The van der Waals surface area contributed by atoms with E-state index in [2.05, 4.69) is 56.1 Å². The molecule has 0 aliphatic carbocycles. The van der Waals surface area contributed by atoms with Crippen LogP contribution in [0.2, 0.25) is 0 Å². The molecule has 1 aliphatic heterocycles. The Labute approximate surface area is 227 Å². The van der Waals surface area contributed by atoms with Crippen molar-refractivity contribution >= 4 is 23.7 Å². The first-order valence-electron chi connectivity index (χ1n) is 13.0. The van der Waals surface area contributed by atoms with Gasteiger partial charge in [0.1, 0.15) is 12.3 Å². The Morgan fingerprint density at radius 2 is 1.95 bits per heavy atom. The van der Waals surface area contributed by atoms with Crippen LogP contribution in [0.5, 0.6) is 0 Å². The van der Waals surface area contributed by atoms with Crippen molar-refractivity contribution in [3.8, 4) is 0 Å². The van der Waals surface area contributed by atoms with Gasteiger partial charge in [0.2, 0.25) is 0 Å². The van der Waals surface area contributed by atoms with Gasteiger partial charge in [-0.2, -0.15) is 0 Å². The zero-order chi connectivity index (χ0) is 28.0. The molecule has 0 radical (unpaired) electrons. The number of nitrogens with two attached hydrogens (primary N) is 2. The molecule has 5 N–H and O–H groups in total. The Kier molecular flexibility index (Phi) is 15.0. The van der Waals surface area contributed by atoms with Crippen LogP contribution in [0.3, 0.4) is 0 Å². The molecule has 3 atom stereocenters. The number of nitrogens with zero attached hydrogens (tertiary/aromatic N) is 2. The molecular weight excluding hydrogens is 484 g/mol. The van der Waals surface area contributed by atoms with Gasteiger partial charge in [0, 0.05) is 28.6 Å². The molecule has 1 aliphatic rings. The largest absolute Gasteiger partial charge is 0.463 e. The number of likely N-dealkylation sites (tertiary alicyclic amines) is 1. The second-order valence-electron chi connectivity index (χ2n) is 9.11. The molecule has 206 valence electrons. The van der Waals surface area contributed by atoms with E-state index in [1.54, 1.807) is 12.1 Å². The second kappa shape index (κ2) is 17.1. The Bertz CT molecular complexity index is 975. The van der Waals surface area contributed by atoms with Crippen LogP contribution in [0.4, 0.5) is 0 Å². The number of hydrogen-bond donors (Lipinski definition) is 3. The standard InChI is InChI=1S/C16H23NOS.C11H17N3O2.C2H6/c1-4-7-16(14-10-13(18)11-17(14)3)19-15-9-6-5-8-12(15)2;1-8(2)10(7-15)14(13)6-9(12)11-4-3-5-16-11;1-2/h5-9,13-14,18H,4,10-11H2,1-3H3;3-8,10H,12-13H2,1-2H3;1-2H3/b16-7+;9-6-;. The Balaban J connectivity index is 0.000000352. The topological polar surface area (TPSA) is 109 Å². The lowest BCUT2D eigenvalue weighted by atomic mass is 10.1. The van der Waals surface area contributed by atoms with Gasteiger partial charge in [-0.05, 0) is 56.5 Å². The summed E-state index contributed by atoms with van der Waals surface area (Å²) < 4.78 is 5.11. The average Bonchev–Trinajstić information content (AvgIpc) is 3.52. The van der Waals surface area contributed by atoms with Gasteiger partial charge in [0.05, 0.1) is 18.1 Å². The Morgan fingerprint density at radius 3 is 2.43 bits per heavy atom. The van der Waals surface area contributed by atoms with Gasteiger partial charge in [0.25, 0.3) is 0 Å². The highest BCUT2D eigenvalue weighted by atomic mass is 32.2. The van der Waals surface area contributed by atoms with Crippen molar-refractivity contribution in [2.24, 2.45) is 17.5 Å². The molecule has 1 saturated heterocycles. The summed E-state index contributed by atoms with van der Waals surface area (Å²) in [5.74, 6) is 6.39. The lowest BCUT2D eigenvalue weighted by Gasteiger charge is -2.24. The van der Waals surface area contributed by atoms with Crippen molar-refractivity contribution in [1.29, 1.82) is 0 Å². The molecule has 1 aromatic heterocycles. The smallest absolute Gasteiger partial charge is 0.151 e. The molecule has 0 amide bonds. The number of likely N-dealkylation sites (N-methyl/N-ethyl adjacent to an activating group) is 1. The molecule has 3 rings (SSSR count). The molecule has 37 heavy (non-hydrogen) atoms. The second-order valence-corrected chi connectivity index (χ2v) is 10.2. The summed E-state index contributed by atoms with van der Waals surface area (Å²) in [5.41, 5.74) is 7.47. The minimum atomic E-state index is -0.395. The number of furan rings is 1. The minimum Gasteiger partial charge on any atom is -0.463 e. The maximum absolute atomic E-state index is 10.8. The zero-order valence-corrected chi connectivity index (χ0v) is 24.2. The average molecular weight is 531 g/mol. The summed E-state index contributed by atoms with van der Waals surface area (Å²) >= 11 is 1.85. The highest BCUT2D eigenvalue weighted by molar-refractivity contribution is 8.03. The molecule has 0 spiro atoms. The molecule has 3 unspecified atom stereocenters. The highest BCUT2D eigenvalue weighted by Crippen LogP contribution is 2.36. The fourth-order valence-corrected chi connectivity index (χ4v) is 5.17. The number of aliphatic hydroxyl groups is 1. The molecule has 0 bridgehead atoms. The molecule has 1 fully saturated rings. The van der Waals surface area contributed by atoms with Gasteiger partial charge < -0.3 is 25.1 Å². The Hall–Kier alpha value is -2.52. The first kappa shape index (κ1) is 32.5. The van der Waals surface area contributed by atoms with Crippen LogP contribution in [-0.4, -0.2) is 53.1 Å². The highest BCUT2D eigenvalue weighted by Gasteiger charge is 2.31. The van der Waals surface area contributed by atoms with Crippen molar-refractivity contribution < 1.29 is 14.3 Å². The third-order valence-corrected chi connectivity index (χ3v) is 7.19. The number of carbonyl (C=O) groups excluding carboxylic acids is 1. The van der Waals surface area contributed by atoms with Gasteiger partial charge in [-0.1, -0.05) is 70.7 Å². The normalized spacial score (nSPS) is 19.0. The van der Waals surface area contributed by atoms with Crippen molar-refractivity contribution in [2.75, 3.05) is 13.6 Å². The van der Waals surface area contributed by atoms with Crippen LogP contribution < -0.4 is 11.6 Å². The van der Waals surface area contributed by atoms with Gasteiger partial charge >= 0.3 is 0 Å². The number of hydrogen-bond acceptors (Lipinski definition) is 8. The number of aliphatic hydroxyl groups excluding tert-OH is 1. The van der Waals surface area contributed by atoms with Gasteiger partial charge in [-0.25, -0.2) is 5.84 Å². The molecule has 1 aromatic carbocycles. The summed E-state index contributed by atoms with van der Waals surface area (Å²) in [6.45, 7) is 12.9. The number of carbonyl (C=O) groups is 1. The maximum atomic E-state index is 10.8. The zero-order valence-electron chi connectivity index (χ0n) is 23.4. The maximum Gasteiger partial charge on any atom is 0.151 e. The van der Waals surface area contributed by atoms with Crippen molar-refractivity contribution in [1.82, 2.24) is 9.91 Å². The fraction of sp³-hybridized carbons (Fsp3) is 0.483. The lowest BCUT2D eigenvalue weighted by molar-refractivity contribution is -0.112. The number of hydrazine groups is 1. The van der Waals surface area contributed by atoms with Crippen LogP contribution in [0.15, 0.2) is 69.2 Å². The fourth-order valence-electron chi connectivity index (χ4n) is 3.87. The van der Waals surface area contributed by atoms with Crippen LogP contribution >= 0.6 is 11.8 Å². The van der Waals surface area contributed by atoms with Crippen LogP contribution in [0.25, 0.3) is 5.70 Å². The minimum absolute atomic E-state index is 0.114. The van der Waals surface area contributed by atoms with Gasteiger partial charge in [-0.3, -0.25) is 4.90 Å². The number of β-amino-alcohol motifs (C(OH)–C–C–N with tert-alkyl or cyclic N) is 1. The summed E-state index contributed by atoms with van der Waals surface area (Å²) in [6.07, 6.45) is 7.82. The summed E-state index contributed by atoms with van der Waals surface area (Å²) in [6, 6.07) is 11.9. The van der Waals surface area contributed by atoms with E-state index in [1.165, 1.54) is 32.8 Å². The van der Waals surface area contributed by atoms with E-state index in [0.717, 1.165) is 25.7 Å². The van der Waals surface area contributed by atoms with E-state index >= 15 is 0 Å². The van der Waals surface area contributed by atoms with Crippen LogP contribution in [0, 0.1) is 12.8 Å². The molecule has 2 heterocycles. The quantitative estimate of drug-likeness (QED) is 0.171. The summed E-state index contributed by atoms with van der Waals surface area (Å²) in [5, 5.41) is 11.1. The van der Waals surface area contributed by atoms with E-state index < -0.39 is 6.04 Å². The van der Waals surface area contributed by atoms with Gasteiger partial charge in [-0.15, -0.1) is 0 Å². The van der Waals surface area contributed by atoms with E-state index in [9.17, 15) is 9.90 Å². The van der Waals surface area contributed by atoms with E-state index in [-0.39, 0.29) is 12.0 Å². The first-order valence-corrected chi connectivity index (χ1v) is 13.8. The molecule has 2 aromatic rings. The number of benzene rings is 1. The number of aldehydes is 1. The SMILES string of the molecule is CC.CC(C)C(C=O)N(N)/C=C(\N)c1ccco1.CC/C=C(/Sc1ccccc1C)C1CC(O)CN1C. The monoisotopic (exact) mass is 530 g/mol. The third-order valence-electron chi connectivity index (χ3n) is 5.84. The van der Waals surface area contributed by atoms with Crippen molar-refractivity contribution in [3.63, 3.8) is 0 Å². The first-order chi connectivity index (χ1) is 17.7. The summed E-state index contributed by atoms with van der Waals surface area (Å²) in [7, 11) is 2.10. The number of allylic oxidation sites excluding steroid dienone is 1. The van der Waals surface area contributed by atoms with E-state index in [4.69, 9.17) is 16.0 Å².